The molecule has 0 atom stereocenters. The molecule has 0 saturated carbocycles. The molecule has 0 aliphatic heterocycles. The van der Waals surface area contributed by atoms with E-state index in [0.29, 0.717) is 0 Å². The summed E-state index contributed by atoms with van der Waals surface area (Å²) in [7, 11) is 0. The van der Waals surface area contributed by atoms with Gasteiger partial charge in [0.2, 0.25) is 0 Å². The van der Waals surface area contributed by atoms with Gasteiger partial charge in [0, 0.05) is 5.57 Å². The Labute approximate surface area is 84.2 Å². The molecule has 0 aromatic carbocycles. The van der Waals surface area contributed by atoms with Gasteiger partial charge < -0.3 is 5.11 Å². The number of likely N-dealkylation sites (N-methyl/N-ethyl adjacent to an activating group) is 1. The molecule has 0 amide bonds. The number of carbonyl (C=O) groups excluding carboxylic acids is 1. The predicted molar refractivity (Wildman–Crippen MR) is 54.2 cm³/mol. The van der Waals surface area contributed by atoms with E-state index in [0.717, 1.165) is 13.1 Å². The highest BCUT2D eigenvalue weighted by Crippen LogP contribution is 1.95. The van der Waals surface area contributed by atoms with Crippen LogP contribution in [0.5, 0.6) is 0 Å². The summed E-state index contributed by atoms with van der Waals surface area (Å²) in [5.74, 6) is -1.20. The maximum absolute atomic E-state index is 11.3. The Balaban J connectivity index is 4.22. The van der Waals surface area contributed by atoms with Crippen molar-refractivity contribution in [2.75, 3.05) is 19.6 Å². The fraction of sp³-hybridized carbons (Fsp3) is 0.600. The van der Waals surface area contributed by atoms with Crippen molar-refractivity contribution < 1.29 is 14.7 Å². The lowest BCUT2D eigenvalue weighted by Gasteiger charge is -2.15. The first-order valence-corrected chi connectivity index (χ1v) is 4.68. The second kappa shape index (κ2) is 6.32. The standard InChI is InChI=1S/C10H17NO3/c1-4-11(5-2)7-9(12)6-8(3)10(13)14/h6H,4-5,7H2,1-3H3,(H,13,14). The van der Waals surface area contributed by atoms with Crippen molar-refractivity contribution in [3.63, 3.8) is 0 Å². The zero-order valence-corrected chi connectivity index (χ0v) is 8.91. The average Bonchev–Trinajstić information content (AvgIpc) is 2.13. The van der Waals surface area contributed by atoms with Gasteiger partial charge in [-0.2, -0.15) is 0 Å². The quantitative estimate of drug-likeness (QED) is 0.646. The molecule has 0 saturated heterocycles. The number of hydrogen-bond donors (Lipinski definition) is 1. The van der Waals surface area contributed by atoms with Crippen molar-refractivity contribution in [1.29, 1.82) is 0 Å². The highest BCUT2D eigenvalue weighted by Gasteiger charge is 2.07. The summed E-state index contributed by atoms with van der Waals surface area (Å²) >= 11 is 0. The Kier molecular flexibility index (Phi) is 5.79. The second-order valence-electron chi connectivity index (χ2n) is 3.06. The number of carbonyl (C=O) groups is 2. The number of ketones is 1. The van der Waals surface area contributed by atoms with Crippen molar-refractivity contribution in [1.82, 2.24) is 4.90 Å². The van der Waals surface area contributed by atoms with E-state index in [-0.39, 0.29) is 17.9 Å². The van der Waals surface area contributed by atoms with Gasteiger partial charge in [0.1, 0.15) is 0 Å². The van der Waals surface area contributed by atoms with E-state index in [2.05, 4.69) is 0 Å². The van der Waals surface area contributed by atoms with Crippen LogP contribution in [0.4, 0.5) is 0 Å². The summed E-state index contributed by atoms with van der Waals surface area (Å²) in [5.41, 5.74) is 0.0853. The smallest absolute Gasteiger partial charge is 0.331 e. The minimum atomic E-state index is -1.04. The Morgan fingerprint density at radius 3 is 2.14 bits per heavy atom. The molecule has 0 aromatic rings. The lowest BCUT2D eigenvalue weighted by Crippen LogP contribution is -2.28. The molecule has 1 N–H and O–H groups in total. The molecule has 0 aliphatic carbocycles. The fourth-order valence-electron chi connectivity index (χ4n) is 1.02. The van der Waals surface area contributed by atoms with E-state index >= 15 is 0 Å². The predicted octanol–water partition coefficient (Wildman–Crippen LogP) is 0.928. The minimum absolute atomic E-state index is 0.0853. The number of rotatable bonds is 6. The monoisotopic (exact) mass is 199 g/mol. The maximum Gasteiger partial charge on any atom is 0.331 e. The van der Waals surface area contributed by atoms with Crippen LogP contribution < -0.4 is 0 Å². The Morgan fingerprint density at radius 2 is 1.79 bits per heavy atom. The summed E-state index contributed by atoms with van der Waals surface area (Å²) in [4.78, 5) is 23.7. The Hall–Kier alpha value is -1.16. The molecule has 0 aromatic heterocycles. The molecule has 80 valence electrons. The molecule has 0 heterocycles. The van der Waals surface area contributed by atoms with E-state index in [1.165, 1.54) is 13.0 Å². The minimum Gasteiger partial charge on any atom is -0.478 e. The third-order valence-electron chi connectivity index (χ3n) is 1.99. The first kappa shape index (κ1) is 12.8. The molecule has 0 bridgehead atoms. The number of carboxylic acid groups (broad SMARTS) is 1. The first-order chi connectivity index (χ1) is 6.51. The van der Waals surface area contributed by atoms with Gasteiger partial charge >= 0.3 is 5.97 Å². The van der Waals surface area contributed by atoms with Crippen LogP contribution in [0, 0.1) is 0 Å². The normalized spacial score (nSPS) is 11.9. The average molecular weight is 199 g/mol. The first-order valence-electron chi connectivity index (χ1n) is 4.68. The molecule has 0 aliphatic rings. The molecule has 14 heavy (non-hydrogen) atoms. The molecule has 0 rings (SSSR count). The fourth-order valence-corrected chi connectivity index (χ4v) is 1.02. The van der Waals surface area contributed by atoms with Crippen molar-refractivity contribution >= 4 is 11.8 Å². The van der Waals surface area contributed by atoms with Crippen LogP contribution in [-0.4, -0.2) is 41.4 Å². The van der Waals surface area contributed by atoms with Gasteiger partial charge in [0.25, 0.3) is 0 Å². The van der Waals surface area contributed by atoms with Crippen molar-refractivity contribution in [2.45, 2.75) is 20.8 Å². The van der Waals surface area contributed by atoms with Gasteiger partial charge in [-0.25, -0.2) is 4.79 Å². The van der Waals surface area contributed by atoms with Crippen molar-refractivity contribution in [3.8, 4) is 0 Å². The number of aliphatic carboxylic acids is 1. The lowest BCUT2D eigenvalue weighted by atomic mass is 10.2. The van der Waals surface area contributed by atoms with Gasteiger partial charge in [-0.15, -0.1) is 0 Å². The van der Waals surface area contributed by atoms with Gasteiger partial charge in [-0.05, 0) is 26.1 Å². The number of carboxylic acids is 1. The van der Waals surface area contributed by atoms with Crippen LogP contribution in [0.1, 0.15) is 20.8 Å². The summed E-state index contributed by atoms with van der Waals surface area (Å²) < 4.78 is 0. The van der Waals surface area contributed by atoms with Crippen molar-refractivity contribution in [2.24, 2.45) is 0 Å². The van der Waals surface area contributed by atoms with E-state index in [4.69, 9.17) is 5.11 Å². The highest BCUT2D eigenvalue weighted by molar-refractivity contribution is 5.99. The molecule has 4 heteroatoms. The van der Waals surface area contributed by atoms with Crippen molar-refractivity contribution in [3.05, 3.63) is 11.6 Å². The van der Waals surface area contributed by atoms with Gasteiger partial charge in [-0.1, -0.05) is 13.8 Å². The van der Waals surface area contributed by atoms with E-state index in [1.807, 2.05) is 18.7 Å². The third kappa shape index (κ3) is 4.77. The van der Waals surface area contributed by atoms with Gasteiger partial charge in [-0.3, -0.25) is 9.69 Å². The van der Waals surface area contributed by atoms with Crippen LogP contribution >= 0.6 is 0 Å². The molecule has 0 radical (unpaired) electrons. The molecular weight excluding hydrogens is 182 g/mol. The van der Waals surface area contributed by atoms with Crippen LogP contribution in [-0.2, 0) is 9.59 Å². The summed E-state index contributed by atoms with van der Waals surface area (Å²) in [6.07, 6.45) is 1.18. The zero-order valence-electron chi connectivity index (χ0n) is 8.91. The topological polar surface area (TPSA) is 57.6 Å². The van der Waals surface area contributed by atoms with Crippen LogP contribution in [0.15, 0.2) is 11.6 Å². The SMILES string of the molecule is CCN(CC)CC(=O)C=C(C)C(=O)O. The van der Waals surface area contributed by atoms with E-state index < -0.39 is 5.97 Å². The summed E-state index contributed by atoms with van der Waals surface area (Å²) in [6, 6.07) is 0. The number of nitrogens with zero attached hydrogens (tertiary/aromatic N) is 1. The maximum atomic E-state index is 11.3. The van der Waals surface area contributed by atoms with E-state index in [1.54, 1.807) is 0 Å². The Morgan fingerprint density at radius 1 is 1.29 bits per heavy atom. The van der Waals surface area contributed by atoms with Gasteiger partial charge in [0.05, 0.1) is 6.54 Å². The lowest BCUT2D eigenvalue weighted by molar-refractivity contribution is -0.132. The highest BCUT2D eigenvalue weighted by atomic mass is 16.4. The van der Waals surface area contributed by atoms with Gasteiger partial charge in [0.15, 0.2) is 5.78 Å². The Bertz CT molecular complexity index is 242. The molecule has 4 nitrogen and oxygen atoms in total. The second-order valence-corrected chi connectivity index (χ2v) is 3.06. The largest absolute Gasteiger partial charge is 0.478 e. The molecule has 0 spiro atoms. The third-order valence-corrected chi connectivity index (χ3v) is 1.99. The molecular formula is C10H17NO3. The molecule has 0 unspecified atom stereocenters. The van der Waals surface area contributed by atoms with E-state index in [9.17, 15) is 9.59 Å². The zero-order chi connectivity index (χ0) is 11.1. The number of hydrogen-bond acceptors (Lipinski definition) is 3. The van der Waals surface area contributed by atoms with Crippen LogP contribution in [0.2, 0.25) is 0 Å². The molecule has 0 fully saturated rings. The van der Waals surface area contributed by atoms with Crippen LogP contribution in [0.25, 0.3) is 0 Å². The summed E-state index contributed by atoms with van der Waals surface area (Å²) in [6.45, 7) is 7.22. The van der Waals surface area contributed by atoms with Crippen LogP contribution in [0.3, 0.4) is 0 Å². The summed E-state index contributed by atoms with van der Waals surface area (Å²) in [5, 5.41) is 8.55.